The van der Waals surface area contributed by atoms with Gasteiger partial charge < -0.3 is 14.7 Å². The molecule has 5 heteroatoms. The summed E-state index contributed by atoms with van der Waals surface area (Å²) in [4.78, 5) is 14.4. The van der Waals surface area contributed by atoms with E-state index in [1.165, 1.54) is 0 Å². The Hall–Kier alpha value is -1.07. The normalized spacial score (nSPS) is 23.0. The highest BCUT2D eigenvalue weighted by Gasteiger charge is 2.43. The average Bonchev–Trinajstić information content (AvgIpc) is 2.53. The summed E-state index contributed by atoms with van der Waals surface area (Å²) in [5.41, 5.74) is 0.646. The predicted octanol–water partition coefficient (Wildman–Crippen LogP) is 4.52. The summed E-state index contributed by atoms with van der Waals surface area (Å²) >= 11 is 3.43. The number of hydrogen-bond donors (Lipinski definition) is 1. The van der Waals surface area contributed by atoms with Gasteiger partial charge >= 0.3 is 6.09 Å². The molecule has 0 bridgehead atoms. The highest BCUT2D eigenvalue weighted by atomic mass is 79.9. The molecule has 0 aliphatic carbocycles. The molecule has 0 aromatic heterocycles. The van der Waals surface area contributed by atoms with Crippen molar-refractivity contribution in [1.82, 2.24) is 4.90 Å². The summed E-state index contributed by atoms with van der Waals surface area (Å²) in [6, 6.07) is 8.01. The summed E-state index contributed by atoms with van der Waals surface area (Å²) in [7, 11) is 0. The molecule has 0 radical (unpaired) electrons. The Bertz CT molecular complexity index is 532. The lowest BCUT2D eigenvalue weighted by Crippen LogP contribution is -2.52. The standard InChI is InChI=1S/C18H26BrNO3/c1-13(2)18(9-4-12-21)10-11-20(17(22)23-18)14(3)15-5-7-16(19)8-6-15/h5-8,13-14,21H,4,9-12H2,1-3H3/t14?,18-/m0/s1. The second-order valence-corrected chi connectivity index (χ2v) is 7.50. The fourth-order valence-corrected chi connectivity index (χ4v) is 3.47. The minimum absolute atomic E-state index is 0.0152. The van der Waals surface area contributed by atoms with E-state index in [2.05, 4.69) is 29.8 Å². The van der Waals surface area contributed by atoms with Crippen LogP contribution in [0.3, 0.4) is 0 Å². The number of carbonyl (C=O) groups excluding carboxylic acids is 1. The van der Waals surface area contributed by atoms with Gasteiger partial charge in [0.2, 0.25) is 0 Å². The summed E-state index contributed by atoms with van der Waals surface area (Å²) in [6.45, 7) is 7.00. The maximum Gasteiger partial charge on any atom is 0.410 e. The van der Waals surface area contributed by atoms with E-state index >= 15 is 0 Å². The van der Waals surface area contributed by atoms with Gasteiger partial charge in [-0.2, -0.15) is 0 Å². The van der Waals surface area contributed by atoms with Crippen molar-refractivity contribution < 1.29 is 14.6 Å². The number of aliphatic hydroxyl groups excluding tert-OH is 1. The van der Waals surface area contributed by atoms with Gasteiger partial charge in [-0.15, -0.1) is 0 Å². The fraction of sp³-hybridized carbons (Fsp3) is 0.611. The number of ether oxygens (including phenoxy) is 1. The Kier molecular flexibility index (Phi) is 6.09. The van der Waals surface area contributed by atoms with Crippen LogP contribution in [-0.2, 0) is 4.74 Å². The third-order valence-electron chi connectivity index (χ3n) is 4.93. The van der Waals surface area contributed by atoms with Gasteiger partial charge in [0.15, 0.2) is 0 Å². The molecule has 2 atom stereocenters. The van der Waals surface area contributed by atoms with Crippen LogP contribution in [0.15, 0.2) is 28.7 Å². The zero-order chi connectivity index (χ0) is 17.0. The second kappa shape index (κ2) is 7.67. The van der Waals surface area contributed by atoms with Crippen molar-refractivity contribution in [3.63, 3.8) is 0 Å². The summed E-state index contributed by atoms with van der Waals surface area (Å²) in [6.07, 6.45) is 1.93. The third-order valence-corrected chi connectivity index (χ3v) is 5.46. The van der Waals surface area contributed by atoms with E-state index in [1.807, 2.05) is 31.2 Å². The van der Waals surface area contributed by atoms with Gasteiger partial charge in [0.25, 0.3) is 0 Å². The molecule has 0 spiro atoms. The van der Waals surface area contributed by atoms with Crippen molar-refractivity contribution in [1.29, 1.82) is 0 Å². The van der Waals surface area contributed by atoms with Crippen LogP contribution in [0, 0.1) is 5.92 Å². The number of aliphatic hydroxyl groups is 1. The van der Waals surface area contributed by atoms with Crippen LogP contribution in [0.4, 0.5) is 4.79 Å². The molecule has 1 aliphatic heterocycles. The van der Waals surface area contributed by atoms with Crippen molar-refractivity contribution in [2.75, 3.05) is 13.2 Å². The maximum atomic E-state index is 12.6. The molecular weight excluding hydrogens is 358 g/mol. The van der Waals surface area contributed by atoms with E-state index in [4.69, 9.17) is 9.84 Å². The number of amides is 1. The van der Waals surface area contributed by atoms with Crippen molar-refractivity contribution in [2.24, 2.45) is 5.92 Å². The van der Waals surface area contributed by atoms with E-state index in [0.717, 1.165) is 16.5 Å². The van der Waals surface area contributed by atoms with E-state index in [0.29, 0.717) is 19.4 Å². The molecule has 4 nitrogen and oxygen atoms in total. The Morgan fingerprint density at radius 1 is 1.30 bits per heavy atom. The summed E-state index contributed by atoms with van der Waals surface area (Å²) < 4.78 is 6.91. The van der Waals surface area contributed by atoms with Crippen LogP contribution < -0.4 is 0 Å². The van der Waals surface area contributed by atoms with Gasteiger partial charge in [0, 0.05) is 24.0 Å². The number of benzene rings is 1. The largest absolute Gasteiger partial charge is 0.442 e. The quantitative estimate of drug-likeness (QED) is 0.785. The van der Waals surface area contributed by atoms with Gasteiger partial charge in [-0.05, 0) is 43.4 Å². The molecule has 1 aromatic carbocycles. The molecule has 1 amide bonds. The van der Waals surface area contributed by atoms with Crippen molar-refractivity contribution in [2.45, 2.75) is 51.7 Å². The van der Waals surface area contributed by atoms with E-state index in [-0.39, 0.29) is 24.7 Å². The van der Waals surface area contributed by atoms with E-state index in [1.54, 1.807) is 4.90 Å². The SMILES string of the molecule is CC(c1ccc(Br)cc1)N1CC[C@@](CCCO)(C(C)C)OC1=O. The first-order chi connectivity index (χ1) is 10.9. The number of nitrogens with zero attached hydrogens (tertiary/aromatic N) is 1. The smallest absolute Gasteiger partial charge is 0.410 e. The van der Waals surface area contributed by atoms with Crippen molar-refractivity contribution >= 4 is 22.0 Å². The predicted molar refractivity (Wildman–Crippen MR) is 94.2 cm³/mol. The minimum atomic E-state index is -0.449. The van der Waals surface area contributed by atoms with Crippen molar-refractivity contribution in [3.05, 3.63) is 34.3 Å². The Morgan fingerprint density at radius 3 is 2.48 bits per heavy atom. The average molecular weight is 384 g/mol. The van der Waals surface area contributed by atoms with Gasteiger partial charge in [0.1, 0.15) is 5.60 Å². The fourth-order valence-electron chi connectivity index (χ4n) is 3.21. The van der Waals surface area contributed by atoms with E-state index in [9.17, 15) is 4.79 Å². The first-order valence-electron chi connectivity index (χ1n) is 8.25. The minimum Gasteiger partial charge on any atom is -0.442 e. The van der Waals surface area contributed by atoms with Crippen LogP contribution in [0.1, 0.15) is 51.6 Å². The first-order valence-corrected chi connectivity index (χ1v) is 9.05. The summed E-state index contributed by atoms with van der Waals surface area (Å²) in [5.74, 6) is 0.239. The molecule has 1 fully saturated rings. The molecular formula is C18H26BrNO3. The zero-order valence-electron chi connectivity index (χ0n) is 14.1. The maximum absolute atomic E-state index is 12.6. The van der Waals surface area contributed by atoms with E-state index < -0.39 is 5.60 Å². The van der Waals surface area contributed by atoms with Crippen LogP contribution in [0.2, 0.25) is 0 Å². The highest BCUT2D eigenvalue weighted by molar-refractivity contribution is 9.10. The molecule has 1 aromatic rings. The topological polar surface area (TPSA) is 49.8 Å². The molecule has 1 unspecified atom stereocenters. The number of rotatable bonds is 6. The van der Waals surface area contributed by atoms with Gasteiger partial charge in [-0.1, -0.05) is 41.9 Å². The lowest BCUT2D eigenvalue weighted by Gasteiger charge is -2.45. The highest BCUT2D eigenvalue weighted by Crippen LogP contribution is 2.37. The van der Waals surface area contributed by atoms with Crippen LogP contribution in [0.25, 0.3) is 0 Å². The second-order valence-electron chi connectivity index (χ2n) is 6.59. The molecule has 1 heterocycles. The lowest BCUT2D eigenvalue weighted by molar-refractivity contribution is -0.0894. The van der Waals surface area contributed by atoms with Gasteiger partial charge in [-0.3, -0.25) is 0 Å². The molecule has 2 rings (SSSR count). The van der Waals surface area contributed by atoms with Crippen LogP contribution >= 0.6 is 15.9 Å². The van der Waals surface area contributed by atoms with Gasteiger partial charge in [-0.25, -0.2) is 4.79 Å². The number of cyclic esters (lactones) is 1. The Labute approximate surface area is 147 Å². The Morgan fingerprint density at radius 2 is 1.96 bits per heavy atom. The number of hydrogen-bond acceptors (Lipinski definition) is 3. The monoisotopic (exact) mass is 383 g/mol. The zero-order valence-corrected chi connectivity index (χ0v) is 15.7. The molecule has 1 saturated heterocycles. The van der Waals surface area contributed by atoms with Crippen LogP contribution in [0.5, 0.6) is 0 Å². The third kappa shape index (κ3) is 4.07. The van der Waals surface area contributed by atoms with Gasteiger partial charge in [0.05, 0.1) is 6.04 Å². The number of carbonyl (C=O) groups is 1. The number of halogens is 1. The first kappa shape index (κ1) is 18.3. The molecule has 1 aliphatic rings. The molecule has 1 N–H and O–H groups in total. The molecule has 0 saturated carbocycles. The lowest BCUT2D eigenvalue weighted by atomic mass is 9.81. The Balaban J connectivity index is 2.10. The van der Waals surface area contributed by atoms with Crippen molar-refractivity contribution in [3.8, 4) is 0 Å². The summed E-state index contributed by atoms with van der Waals surface area (Å²) in [5, 5.41) is 9.12. The molecule has 23 heavy (non-hydrogen) atoms. The van der Waals surface area contributed by atoms with Crippen LogP contribution in [-0.4, -0.2) is 34.9 Å². The molecule has 128 valence electrons.